The van der Waals surface area contributed by atoms with Crippen molar-refractivity contribution < 1.29 is 23.9 Å². The normalized spacial score (nSPS) is 10.2. The van der Waals surface area contributed by atoms with Gasteiger partial charge in [0.1, 0.15) is 23.9 Å². The molecule has 2 N–H and O–H groups in total. The van der Waals surface area contributed by atoms with Crippen LogP contribution in [0, 0.1) is 5.82 Å². The predicted molar refractivity (Wildman–Crippen MR) is 73.6 cm³/mol. The fraction of sp³-hybridized carbons (Fsp3) is 0.143. The van der Waals surface area contributed by atoms with E-state index in [1.807, 2.05) is 18.2 Å². The van der Waals surface area contributed by atoms with E-state index in [-0.39, 0.29) is 17.8 Å². The van der Waals surface area contributed by atoms with Crippen LogP contribution in [0.1, 0.15) is 5.56 Å². The van der Waals surface area contributed by atoms with Gasteiger partial charge in [0.25, 0.3) is 0 Å². The lowest BCUT2D eigenvalue weighted by atomic mass is 9.79. The molecule has 104 valence electrons. The molecule has 0 fully saturated rings. The van der Waals surface area contributed by atoms with E-state index in [0.717, 1.165) is 11.6 Å². The van der Waals surface area contributed by atoms with Crippen molar-refractivity contribution in [1.82, 2.24) is 0 Å². The van der Waals surface area contributed by atoms with E-state index in [2.05, 4.69) is 0 Å². The summed E-state index contributed by atoms with van der Waals surface area (Å²) in [6.45, 7) is 0.211. The third kappa shape index (κ3) is 3.49. The molecule has 0 atom stereocenters. The third-order valence-corrected chi connectivity index (χ3v) is 2.78. The van der Waals surface area contributed by atoms with Gasteiger partial charge in [-0.1, -0.05) is 12.1 Å². The number of benzene rings is 2. The van der Waals surface area contributed by atoms with Crippen molar-refractivity contribution in [3.63, 3.8) is 0 Å². The lowest BCUT2D eigenvalue weighted by Gasteiger charge is -2.11. The molecule has 0 spiro atoms. The van der Waals surface area contributed by atoms with Crippen LogP contribution in [0.15, 0.2) is 42.5 Å². The highest BCUT2D eigenvalue weighted by atomic mass is 19.1. The van der Waals surface area contributed by atoms with Crippen molar-refractivity contribution in [3.8, 4) is 11.5 Å². The van der Waals surface area contributed by atoms with Crippen LogP contribution in [0.2, 0.25) is 0 Å². The van der Waals surface area contributed by atoms with Gasteiger partial charge in [-0.2, -0.15) is 0 Å². The zero-order valence-electron chi connectivity index (χ0n) is 10.9. The molecule has 0 aliphatic carbocycles. The first-order chi connectivity index (χ1) is 9.60. The van der Waals surface area contributed by atoms with Gasteiger partial charge in [-0.05, 0) is 35.9 Å². The zero-order valence-corrected chi connectivity index (χ0v) is 10.9. The van der Waals surface area contributed by atoms with Crippen molar-refractivity contribution in [2.45, 2.75) is 6.61 Å². The van der Waals surface area contributed by atoms with Crippen LogP contribution < -0.4 is 14.9 Å². The Balaban J connectivity index is 2.14. The third-order valence-electron chi connectivity index (χ3n) is 2.78. The number of rotatable bonds is 5. The van der Waals surface area contributed by atoms with Crippen molar-refractivity contribution >= 4 is 12.6 Å². The molecule has 6 heteroatoms. The standard InChI is InChI=1S/C14H14BFO4/c1-19-12-4-2-3-10(7-12)9-20-14-6-5-11(16)8-13(14)15(17)18/h2-8,17-18H,9H2,1H3. The minimum atomic E-state index is -1.79. The molecule has 0 saturated carbocycles. The summed E-state index contributed by atoms with van der Waals surface area (Å²) in [6.07, 6.45) is 0. The van der Waals surface area contributed by atoms with Crippen LogP contribution in [-0.4, -0.2) is 24.3 Å². The monoisotopic (exact) mass is 276 g/mol. The van der Waals surface area contributed by atoms with Crippen LogP contribution in [-0.2, 0) is 6.61 Å². The number of ether oxygens (including phenoxy) is 2. The van der Waals surface area contributed by atoms with Gasteiger partial charge < -0.3 is 19.5 Å². The molecule has 0 unspecified atom stereocenters. The Hall–Kier alpha value is -2.05. The number of halogens is 1. The molecule has 2 rings (SSSR count). The predicted octanol–water partition coefficient (Wildman–Crippen LogP) is 1.09. The minimum absolute atomic E-state index is 0.00658. The highest BCUT2D eigenvalue weighted by Crippen LogP contribution is 2.16. The van der Waals surface area contributed by atoms with Gasteiger partial charge in [0.05, 0.1) is 7.11 Å². The van der Waals surface area contributed by atoms with E-state index in [9.17, 15) is 14.4 Å². The molecule has 0 aliphatic rings. The Labute approximate surface area is 116 Å². The molecule has 4 nitrogen and oxygen atoms in total. The van der Waals surface area contributed by atoms with Crippen LogP contribution in [0.5, 0.6) is 11.5 Å². The highest BCUT2D eigenvalue weighted by molar-refractivity contribution is 6.59. The number of methoxy groups -OCH3 is 1. The highest BCUT2D eigenvalue weighted by Gasteiger charge is 2.18. The molecular weight excluding hydrogens is 262 g/mol. The summed E-state index contributed by atoms with van der Waals surface area (Å²) in [5, 5.41) is 18.4. The van der Waals surface area contributed by atoms with Crippen molar-refractivity contribution in [2.75, 3.05) is 7.11 Å². The van der Waals surface area contributed by atoms with E-state index in [1.165, 1.54) is 12.1 Å². The van der Waals surface area contributed by atoms with Crippen LogP contribution >= 0.6 is 0 Å². The van der Waals surface area contributed by atoms with Crippen molar-refractivity contribution in [2.24, 2.45) is 0 Å². The molecule has 0 heterocycles. The van der Waals surface area contributed by atoms with E-state index in [4.69, 9.17) is 9.47 Å². The summed E-state index contributed by atoms with van der Waals surface area (Å²) in [4.78, 5) is 0. The second kappa shape index (κ2) is 6.41. The SMILES string of the molecule is COc1cccc(COc2ccc(F)cc2B(O)O)c1. The minimum Gasteiger partial charge on any atom is -0.497 e. The summed E-state index contributed by atoms with van der Waals surface area (Å²) < 4.78 is 23.7. The lowest BCUT2D eigenvalue weighted by molar-refractivity contribution is 0.305. The Kier molecular flexibility index (Phi) is 4.60. The number of hydrogen-bond acceptors (Lipinski definition) is 4. The smallest absolute Gasteiger partial charge is 0.492 e. The fourth-order valence-electron chi connectivity index (χ4n) is 1.78. The second-order valence-corrected chi connectivity index (χ2v) is 4.20. The first-order valence-electron chi connectivity index (χ1n) is 6.01. The molecule has 20 heavy (non-hydrogen) atoms. The lowest BCUT2D eigenvalue weighted by Crippen LogP contribution is -2.31. The van der Waals surface area contributed by atoms with E-state index >= 15 is 0 Å². The summed E-state index contributed by atoms with van der Waals surface area (Å²) >= 11 is 0. The fourth-order valence-corrected chi connectivity index (χ4v) is 1.78. The molecule has 0 amide bonds. The Bertz CT molecular complexity index is 589. The van der Waals surface area contributed by atoms with Crippen molar-refractivity contribution in [3.05, 3.63) is 53.8 Å². The first-order valence-corrected chi connectivity index (χ1v) is 6.01. The Morgan fingerprint density at radius 1 is 1.15 bits per heavy atom. The summed E-state index contributed by atoms with van der Waals surface area (Å²) in [5.41, 5.74) is 0.847. The summed E-state index contributed by atoms with van der Waals surface area (Å²) in [7, 11) is -0.216. The molecule has 0 saturated heterocycles. The van der Waals surface area contributed by atoms with E-state index < -0.39 is 12.9 Å². The van der Waals surface area contributed by atoms with Crippen molar-refractivity contribution in [1.29, 1.82) is 0 Å². The molecule has 2 aromatic rings. The number of hydrogen-bond donors (Lipinski definition) is 2. The van der Waals surface area contributed by atoms with Gasteiger partial charge in [-0.25, -0.2) is 4.39 Å². The second-order valence-electron chi connectivity index (χ2n) is 4.20. The molecule has 0 aliphatic heterocycles. The molecular formula is C14H14BFO4. The Morgan fingerprint density at radius 2 is 1.95 bits per heavy atom. The summed E-state index contributed by atoms with van der Waals surface area (Å²) in [6, 6.07) is 10.9. The van der Waals surface area contributed by atoms with Gasteiger partial charge in [-0.15, -0.1) is 0 Å². The maximum absolute atomic E-state index is 13.1. The van der Waals surface area contributed by atoms with Gasteiger partial charge in [0.15, 0.2) is 0 Å². The Morgan fingerprint density at radius 3 is 2.65 bits per heavy atom. The maximum Gasteiger partial charge on any atom is 0.492 e. The topological polar surface area (TPSA) is 58.9 Å². The average molecular weight is 276 g/mol. The first kappa shape index (κ1) is 14.4. The van der Waals surface area contributed by atoms with Gasteiger partial charge in [0.2, 0.25) is 0 Å². The van der Waals surface area contributed by atoms with Gasteiger partial charge in [-0.3, -0.25) is 0 Å². The molecule has 0 bridgehead atoms. The van der Waals surface area contributed by atoms with Gasteiger partial charge in [0, 0.05) is 5.46 Å². The largest absolute Gasteiger partial charge is 0.497 e. The van der Waals surface area contributed by atoms with E-state index in [0.29, 0.717) is 5.75 Å². The molecule has 0 radical (unpaired) electrons. The van der Waals surface area contributed by atoms with Crippen LogP contribution in [0.4, 0.5) is 4.39 Å². The molecule has 0 aromatic heterocycles. The average Bonchev–Trinajstić information content (AvgIpc) is 2.46. The van der Waals surface area contributed by atoms with E-state index in [1.54, 1.807) is 13.2 Å². The maximum atomic E-state index is 13.1. The van der Waals surface area contributed by atoms with Crippen LogP contribution in [0.3, 0.4) is 0 Å². The van der Waals surface area contributed by atoms with Gasteiger partial charge >= 0.3 is 7.12 Å². The van der Waals surface area contributed by atoms with Crippen LogP contribution in [0.25, 0.3) is 0 Å². The molecule has 2 aromatic carbocycles. The summed E-state index contributed by atoms with van der Waals surface area (Å²) in [5.74, 6) is 0.374. The zero-order chi connectivity index (χ0) is 14.5. The quantitative estimate of drug-likeness (QED) is 0.803.